The Hall–Kier alpha value is -1.30. The summed E-state index contributed by atoms with van der Waals surface area (Å²) >= 11 is 0. The van der Waals surface area contributed by atoms with Gasteiger partial charge in [-0.05, 0) is 51.1 Å². The van der Waals surface area contributed by atoms with Crippen LogP contribution in [0, 0.1) is 5.92 Å². The Kier molecular flexibility index (Phi) is 5.85. The summed E-state index contributed by atoms with van der Waals surface area (Å²) < 4.78 is 0. The normalized spacial score (nSPS) is 24.8. The molecular formula is C15H27N3O3. The molecule has 2 aliphatic heterocycles. The van der Waals surface area contributed by atoms with E-state index in [0.717, 1.165) is 32.5 Å². The SMILES string of the molecule is CC(CNC(=O)N1CCCCC1C(=O)O)CN1CCCC1. The van der Waals surface area contributed by atoms with E-state index in [1.54, 1.807) is 0 Å². The molecule has 0 saturated carbocycles. The van der Waals surface area contributed by atoms with E-state index in [1.807, 2.05) is 0 Å². The van der Waals surface area contributed by atoms with Gasteiger partial charge in [-0.2, -0.15) is 0 Å². The maximum atomic E-state index is 12.2. The third-order valence-electron chi connectivity index (χ3n) is 4.42. The van der Waals surface area contributed by atoms with Crippen molar-refractivity contribution in [3.63, 3.8) is 0 Å². The fraction of sp³-hybridized carbons (Fsp3) is 0.867. The maximum Gasteiger partial charge on any atom is 0.326 e. The average molecular weight is 297 g/mol. The molecule has 2 heterocycles. The van der Waals surface area contributed by atoms with Crippen LogP contribution in [0.25, 0.3) is 0 Å². The second-order valence-corrected chi connectivity index (χ2v) is 6.34. The zero-order valence-electron chi connectivity index (χ0n) is 12.9. The Bertz CT molecular complexity index is 369. The lowest BCUT2D eigenvalue weighted by atomic mass is 10.0. The van der Waals surface area contributed by atoms with Gasteiger partial charge in [0.15, 0.2) is 0 Å². The second kappa shape index (κ2) is 7.64. The smallest absolute Gasteiger partial charge is 0.326 e. The van der Waals surface area contributed by atoms with Gasteiger partial charge in [0.1, 0.15) is 6.04 Å². The minimum absolute atomic E-state index is 0.227. The highest BCUT2D eigenvalue weighted by atomic mass is 16.4. The number of carboxylic acid groups (broad SMARTS) is 1. The van der Waals surface area contributed by atoms with Gasteiger partial charge in [0, 0.05) is 19.6 Å². The molecule has 0 spiro atoms. The lowest BCUT2D eigenvalue weighted by Crippen LogP contribution is -2.52. The number of hydrogen-bond acceptors (Lipinski definition) is 3. The topological polar surface area (TPSA) is 72.9 Å². The quantitative estimate of drug-likeness (QED) is 0.804. The summed E-state index contributed by atoms with van der Waals surface area (Å²) in [7, 11) is 0. The first-order valence-corrected chi connectivity index (χ1v) is 8.07. The Morgan fingerprint density at radius 1 is 1.19 bits per heavy atom. The number of aliphatic carboxylic acids is 1. The average Bonchev–Trinajstić information content (AvgIpc) is 2.97. The molecule has 0 bridgehead atoms. The third-order valence-corrected chi connectivity index (χ3v) is 4.42. The predicted octanol–water partition coefficient (Wildman–Crippen LogP) is 1.37. The molecule has 2 unspecified atom stereocenters. The van der Waals surface area contributed by atoms with E-state index in [1.165, 1.54) is 17.7 Å². The van der Waals surface area contributed by atoms with E-state index in [2.05, 4.69) is 17.1 Å². The van der Waals surface area contributed by atoms with Gasteiger partial charge >= 0.3 is 12.0 Å². The first-order valence-electron chi connectivity index (χ1n) is 8.07. The van der Waals surface area contributed by atoms with Crippen LogP contribution in [0.4, 0.5) is 4.79 Å². The Morgan fingerprint density at radius 3 is 2.52 bits per heavy atom. The molecule has 6 nitrogen and oxygen atoms in total. The molecule has 0 aromatic carbocycles. The standard InChI is InChI=1S/C15H27N3O3/c1-12(11-17-7-4-5-8-17)10-16-15(21)18-9-3-2-6-13(18)14(19)20/h12-13H,2-11H2,1H3,(H,16,21)(H,19,20). The summed E-state index contributed by atoms with van der Waals surface area (Å²) in [5.41, 5.74) is 0. The zero-order chi connectivity index (χ0) is 15.2. The van der Waals surface area contributed by atoms with Crippen molar-refractivity contribution in [3.05, 3.63) is 0 Å². The van der Waals surface area contributed by atoms with E-state index < -0.39 is 12.0 Å². The van der Waals surface area contributed by atoms with Crippen LogP contribution in [-0.4, -0.2) is 65.7 Å². The van der Waals surface area contributed by atoms with Crippen molar-refractivity contribution >= 4 is 12.0 Å². The number of urea groups is 1. The van der Waals surface area contributed by atoms with Crippen LogP contribution in [0.5, 0.6) is 0 Å². The van der Waals surface area contributed by atoms with Gasteiger partial charge in [-0.3, -0.25) is 0 Å². The van der Waals surface area contributed by atoms with Crippen LogP contribution in [0.1, 0.15) is 39.0 Å². The molecule has 2 rings (SSSR count). The lowest BCUT2D eigenvalue weighted by molar-refractivity contribution is -0.143. The minimum atomic E-state index is -0.894. The summed E-state index contributed by atoms with van der Waals surface area (Å²) in [4.78, 5) is 27.3. The highest BCUT2D eigenvalue weighted by molar-refractivity contribution is 5.82. The van der Waals surface area contributed by atoms with Crippen LogP contribution < -0.4 is 5.32 Å². The first-order chi connectivity index (χ1) is 10.1. The number of piperidine rings is 1. The number of likely N-dealkylation sites (tertiary alicyclic amines) is 2. The van der Waals surface area contributed by atoms with Crippen molar-refractivity contribution in [1.29, 1.82) is 0 Å². The van der Waals surface area contributed by atoms with Crippen molar-refractivity contribution in [3.8, 4) is 0 Å². The molecule has 0 aliphatic carbocycles. The molecule has 2 aliphatic rings. The van der Waals surface area contributed by atoms with Crippen molar-refractivity contribution < 1.29 is 14.7 Å². The molecule has 2 amide bonds. The molecular weight excluding hydrogens is 270 g/mol. The number of amides is 2. The van der Waals surface area contributed by atoms with E-state index in [9.17, 15) is 14.7 Å². The lowest BCUT2D eigenvalue weighted by Gasteiger charge is -2.33. The van der Waals surface area contributed by atoms with E-state index in [4.69, 9.17) is 0 Å². The van der Waals surface area contributed by atoms with Crippen molar-refractivity contribution in [2.75, 3.05) is 32.7 Å². The first kappa shape index (κ1) is 16.1. The summed E-state index contributed by atoms with van der Waals surface area (Å²) in [6.45, 7) is 6.60. The van der Waals surface area contributed by atoms with Crippen molar-refractivity contribution in [1.82, 2.24) is 15.1 Å². The zero-order valence-corrected chi connectivity index (χ0v) is 12.9. The van der Waals surface area contributed by atoms with Gasteiger partial charge in [-0.25, -0.2) is 9.59 Å². The van der Waals surface area contributed by atoms with Gasteiger partial charge in [-0.1, -0.05) is 6.92 Å². The molecule has 6 heteroatoms. The molecule has 21 heavy (non-hydrogen) atoms. The highest BCUT2D eigenvalue weighted by Crippen LogP contribution is 2.17. The van der Waals surface area contributed by atoms with E-state index in [0.29, 0.717) is 25.4 Å². The number of carbonyl (C=O) groups is 2. The molecule has 2 saturated heterocycles. The van der Waals surface area contributed by atoms with Gasteiger partial charge < -0.3 is 20.2 Å². The highest BCUT2D eigenvalue weighted by Gasteiger charge is 2.31. The largest absolute Gasteiger partial charge is 0.480 e. The van der Waals surface area contributed by atoms with Crippen LogP contribution >= 0.6 is 0 Å². The maximum absolute atomic E-state index is 12.2. The molecule has 2 atom stereocenters. The van der Waals surface area contributed by atoms with Gasteiger partial charge in [-0.15, -0.1) is 0 Å². The number of nitrogens with one attached hydrogen (secondary N) is 1. The molecule has 120 valence electrons. The Balaban J connectivity index is 1.75. The van der Waals surface area contributed by atoms with Crippen LogP contribution in [0.3, 0.4) is 0 Å². The summed E-state index contributed by atoms with van der Waals surface area (Å²) in [5.74, 6) is -0.505. The monoisotopic (exact) mass is 297 g/mol. The number of nitrogens with zero attached hydrogens (tertiary/aromatic N) is 2. The van der Waals surface area contributed by atoms with Crippen LogP contribution in [0.15, 0.2) is 0 Å². The van der Waals surface area contributed by atoms with Gasteiger partial charge in [0.2, 0.25) is 0 Å². The number of carbonyl (C=O) groups excluding carboxylic acids is 1. The minimum Gasteiger partial charge on any atom is -0.480 e. The summed E-state index contributed by atoms with van der Waals surface area (Å²) in [5, 5.41) is 12.1. The number of rotatable bonds is 5. The van der Waals surface area contributed by atoms with Crippen LogP contribution in [-0.2, 0) is 4.79 Å². The Morgan fingerprint density at radius 2 is 1.86 bits per heavy atom. The number of carboxylic acids is 1. The van der Waals surface area contributed by atoms with Gasteiger partial charge in [0.05, 0.1) is 0 Å². The van der Waals surface area contributed by atoms with Gasteiger partial charge in [0.25, 0.3) is 0 Å². The fourth-order valence-electron chi connectivity index (χ4n) is 3.26. The molecule has 0 aromatic rings. The fourth-order valence-corrected chi connectivity index (χ4v) is 3.26. The van der Waals surface area contributed by atoms with Crippen molar-refractivity contribution in [2.24, 2.45) is 5.92 Å². The van der Waals surface area contributed by atoms with Crippen molar-refractivity contribution in [2.45, 2.75) is 45.1 Å². The molecule has 0 radical (unpaired) electrons. The van der Waals surface area contributed by atoms with E-state index >= 15 is 0 Å². The second-order valence-electron chi connectivity index (χ2n) is 6.34. The molecule has 2 N–H and O–H groups in total. The summed E-state index contributed by atoms with van der Waals surface area (Å²) in [6, 6.07) is -0.886. The van der Waals surface area contributed by atoms with E-state index in [-0.39, 0.29) is 6.03 Å². The Labute approximate surface area is 126 Å². The predicted molar refractivity (Wildman–Crippen MR) is 80.2 cm³/mol. The molecule has 2 fully saturated rings. The third kappa shape index (κ3) is 4.59. The van der Waals surface area contributed by atoms with Crippen LogP contribution in [0.2, 0.25) is 0 Å². The summed E-state index contributed by atoms with van der Waals surface area (Å²) in [6.07, 6.45) is 4.87. The number of hydrogen-bond donors (Lipinski definition) is 2. The molecule has 0 aromatic heterocycles.